The van der Waals surface area contributed by atoms with Crippen molar-refractivity contribution in [1.82, 2.24) is 4.90 Å². The van der Waals surface area contributed by atoms with Crippen LogP contribution in [0.25, 0.3) is 0 Å². The van der Waals surface area contributed by atoms with Crippen LogP contribution < -0.4 is 0 Å². The van der Waals surface area contributed by atoms with Gasteiger partial charge in [-0.25, -0.2) is 0 Å². The quantitative estimate of drug-likeness (QED) is 0.0386. The van der Waals surface area contributed by atoms with Crippen molar-refractivity contribution in [2.75, 3.05) is 46.1 Å². The van der Waals surface area contributed by atoms with Gasteiger partial charge in [0, 0.05) is 44.9 Å². The van der Waals surface area contributed by atoms with Gasteiger partial charge in [-0.1, -0.05) is 149 Å². The molecule has 50 heavy (non-hydrogen) atoms. The molecule has 0 saturated carbocycles. The maximum atomic E-state index is 12.5. The van der Waals surface area contributed by atoms with Gasteiger partial charge in [-0.05, 0) is 32.2 Å². The van der Waals surface area contributed by atoms with Gasteiger partial charge in [0.1, 0.15) is 19.8 Å². The Morgan fingerprint density at radius 3 is 1.12 bits per heavy atom. The van der Waals surface area contributed by atoms with Gasteiger partial charge in [-0.2, -0.15) is 0 Å². The molecular weight excluding hydrogens is 630 g/mol. The minimum Gasteiger partial charge on any atom is -0.465 e. The zero-order chi connectivity index (χ0) is 36.3. The highest BCUT2D eigenvalue weighted by molar-refractivity contribution is 5.70. The maximum Gasteiger partial charge on any atom is 0.305 e. The first-order valence-corrected chi connectivity index (χ1v) is 21.3. The van der Waals surface area contributed by atoms with E-state index in [0.717, 1.165) is 77.4 Å². The van der Waals surface area contributed by atoms with E-state index in [0.29, 0.717) is 25.2 Å². The summed E-state index contributed by atoms with van der Waals surface area (Å²) in [4.78, 5) is 39.7. The Balaban J connectivity index is 2.26. The maximum absolute atomic E-state index is 12.5. The van der Waals surface area contributed by atoms with Crippen molar-refractivity contribution >= 4 is 17.9 Å². The highest BCUT2D eigenvalue weighted by Gasteiger charge is 2.24. The summed E-state index contributed by atoms with van der Waals surface area (Å²) in [6.07, 6.45) is 30.9. The molecule has 1 saturated heterocycles. The molecule has 0 amide bonds. The summed E-state index contributed by atoms with van der Waals surface area (Å²) in [5.41, 5.74) is 0. The Bertz CT molecular complexity index is 759. The van der Waals surface area contributed by atoms with Gasteiger partial charge in [-0.15, -0.1) is 0 Å². The third-order valence-corrected chi connectivity index (χ3v) is 10.1. The van der Waals surface area contributed by atoms with Crippen LogP contribution in [0.1, 0.15) is 194 Å². The molecule has 0 atom stereocenters. The van der Waals surface area contributed by atoms with Crippen LogP contribution in [-0.2, 0) is 28.6 Å². The first-order chi connectivity index (χ1) is 24.5. The molecule has 1 aliphatic rings. The molecule has 0 unspecified atom stereocenters. The van der Waals surface area contributed by atoms with Gasteiger partial charge in [0.15, 0.2) is 0 Å². The molecule has 0 spiro atoms. The number of carbonyl (C=O) groups is 3. The van der Waals surface area contributed by atoms with Crippen LogP contribution in [0.3, 0.4) is 0 Å². The average molecular weight is 710 g/mol. The van der Waals surface area contributed by atoms with E-state index < -0.39 is 0 Å². The van der Waals surface area contributed by atoms with Crippen molar-refractivity contribution in [3.63, 3.8) is 0 Å². The van der Waals surface area contributed by atoms with E-state index in [1.807, 2.05) is 0 Å². The number of unbranched alkanes of at least 4 members (excludes halogenated alkanes) is 22. The molecule has 1 rings (SSSR count). The topological polar surface area (TPSA) is 102 Å². The van der Waals surface area contributed by atoms with Gasteiger partial charge in [-0.3, -0.25) is 14.4 Å². The fraction of sp³-hybridized carbons (Fsp3) is 0.929. The lowest BCUT2D eigenvalue weighted by molar-refractivity contribution is -0.153. The Morgan fingerprint density at radius 2 is 0.800 bits per heavy atom. The van der Waals surface area contributed by atoms with Crippen molar-refractivity contribution in [2.24, 2.45) is 11.8 Å². The number of esters is 3. The molecule has 8 heteroatoms. The molecule has 0 radical (unpaired) electrons. The van der Waals surface area contributed by atoms with Gasteiger partial charge in [0.05, 0.1) is 5.92 Å². The number of hydrogen-bond acceptors (Lipinski definition) is 8. The number of hydrogen-bond donors (Lipinski definition) is 1. The van der Waals surface area contributed by atoms with E-state index in [1.165, 1.54) is 103 Å². The van der Waals surface area contributed by atoms with Crippen LogP contribution in [0.2, 0.25) is 0 Å². The average Bonchev–Trinajstić information content (AvgIpc) is 3.09. The number of likely N-dealkylation sites (tertiary alicyclic amines) is 1. The number of ether oxygens (including phenoxy) is 3. The molecule has 0 bridgehead atoms. The number of rotatable bonds is 37. The molecule has 1 fully saturated rings. The van der Waals surface area contributed by atoms with Crippen LogP contribution in [0.4, 0.5) is 0 Å². The van der Waals surface area contributed by atoms with Crippen molar-refractivity contribution in [3.05, 3.63) is 0 Å². The zero-order valence-electron chi connectivity index (χ0n) is 32.7. The number of aliphatic hydroxyl groups is 1. The summed E-state index contributed by atoms with van der Waals surface area (Å²) < 4.78 is 16.7. The number of aliphatic hydroxyl groups excluding tert-OH is 1. The predicted molar refractivity (Wildman–Crippen MR) is 204 cm³/mol. The highest BCUT2D eigenvalue weighted by Crippen LogP contribution is 2.17. The molecule has 8 nitrogen and oxygen atoms in total. The normalized spacial score (nSPS) is 13.4. The summed E-state index contributed by atoms with van der Waals surface area (Å²) in [7, 11) is 0. The van der Waals surface area contributed by atoms with E-state index >= 15 is 0 Å². The van der Waals surface area contributed by atoms with E-state index in [2.05, 4.69) is 18.7 Å². The molecule has 294 valence electrons. The molecule has 0 aromatic carbocycles. The molecule has 1 N–H and O–H groups in total. The van der Waals surface area contributed by atoms with Gasteiger partial charge in [0.2, 0.25) is 0 Å². The fourth-order valence-corrected chi connectivity index (χ4v) is 6.62. The van der Waals surface area contributed by atoms with Gasteiger partial charge >= 0.3 is 17.9 Å². The van der Waals surface area contributed by atoms with Crippen LogP contribution >= 0.6 is 0 Å². The summed E-state index contributed by atoms with van der Waals surface area (Å²) >= 11 is 0. The number of nitrogens with zero attached hydrogens (tertiary/aromatic N) is 1. The van der Waals surface area contributed by atoms with Crippen LogP contribution in [-0.4, -0.2) is 74.0 Å². The first kappa shape index (κ1) is 46.4. The zero-order valence-corrected chi connectivity index (χ0v) is 32.7. The second-order valence-corrected chi connectivity index (χ2v) is 15.1. The molecule has 0 aromatic heterocycles. The summed E-state index contributed by atoms with van der Waals surface area (Å²) in [5.74, 6) is -0.689. The SMILES string of the molecule is CCCCCCCCCCCCCC(=O)OCC(COC(=O)CCCCCCCCCCCCC)COC(=O)CCCCCN1CC(CO)C1. The Labute approximate surface area is 307 Å². The molecule has 0 aliphatic carbocycles. The Morgan fingerprint density at radius 1 is 0.500 bits per heavy atom. The van der Waals surface area contributed by atoms with Crippen LogP contribution in [0.5, 0.6) is 0 Å². The second-order valence-electron chi connectivity index (χ2n) is 15.1. The fourth-order valence-electron chi connectivity index (χ4n) is 6.62. The molecule has 0 aromatic rings. The van der Waals surface area contributed by atoms with Crippen molar-refractivity contribution in [1.29, 1.82) is 0 Å². The minimum absolute atomic E-state index is 0.0760. The molecular formula is C42H79NO7. The van der Waals surface area contributed by atoms with Crippen molar-refractivity contribution in [2.45, 2.75) is 194 Å². The van der Waals surface area contributed by atoms with E-state index in [-0.39, 0.29) is 50.3 Å². The smallest absolute Gasteiger partial charge is 0.305 e. The Kier molecular flexibility index (Phi) is 31.9. The third-order valence-electron chi connectivity index (χ3n) is 10.1. The lowest BCUT2D eigenvalue weighted by Crippen LogP contribution is -2.48. The monoisotopic (exact) mass is 710 g/mol. The third kappa shape index (κ3) is 29.0. The van der Waals surface area contributed by atoms with Gasteiger partial charge in [0.25, 0.3) is 0 Å². The highest BCUT2D eigenvalue weighted by atomic mass is 16.6. The predicted octanol–water partition coefficient (Wildman–Crippen LogP) is 10.1. The minimum atomic E-state index is -0.368. The molecule has 1 heterocycles. The van der Waals surface area contributed by atoms with E-state index in [4.69, 9.17) is 19.3 Å². The lowest BCUT2D eigenvalue weighted by Gasteiger charge is -2.38. The second kappa shape index (κ2) is 34.4. The first-order valence-electron chi connectivity index (χ1n) is 21.3. The van der Waals surface area contributed by atoms with Crippen LogP contribution in [0, 0.1) is 11.8 Å². The van der Waals surface area contributed by atoms with Crippen molar-refractivity contribution in [3.8, 4) is 0 Å². The summed E-state index contributed by atoms with van der Waals surface area (Å²) in [6, 6.07) is 0. The Hall–Kier alpha value is -1.67. The lowest BCUT2D eigenvalue weighted by atomic mass is 10.0. The van der Waals surface area contributed by atoms with Crippen LogP contribution in [0.15, 0.2) is 0 Å². The van der Waals surface area contributed by atoms with Gasteiger partial charge < -0.3 is 24.2 Å². The summed E-state index contributed by atoms with van der Waals surface area (Å²) in [5, 5.41) is 9.15. The standard InChI is InChI=1S/C42H79NO7/c1-3-5-7-9-11-13-15-17-19-21-24-28-40(45)48-35-39(37-50-42(47)30-26-23-27-31-43-32-38(33-43)34-44)36-49-41(46)29-25-22-20-18-16-14-12-10-8-6-4-2/h38-39,44H,3-37H2,1-2H3. The van der Waals surface area contributed by atoms with E-state index in [9.17, 15) is 14.4 Å². The molecule has 1 aliphatic heterocycles. The van der Waals surface area contributed by atoms with E-state index in [1.54, 1.807) is 0 Å². The largest absolute Gasteiger partial charge is 0.465 e. The summed E-state index contributed by atoms with van der Waals surface area (Å²) in [6.45, 7) is 7.94. The van der Waals surface area contributed by atoms with Crippen molar-refractivity contribution < 1.29 is 33.7 Å². The number of carbonyl (C=O) groups excluding carboxylic acids is 3.